The predicted molar refractivity (Wildman–Crippen MR) is 115 cm³/mol. The van der Waals surface area contributed by atoms with Crippen LogP contribution in [-0.4, -0.2) is 12.5 Å². The van der Waals surface area contributed by atoms with Crippen molar-refractivity contribution in [2.24, 2.45) is 0 Å². The van der Waals surface area contributed by atoms with Gasteiger partial charge in [-0.3, -0.25) is 4.79 Å². The van der Waals surface area contributed by atoms with Crippen molar-refractivity contribution in [2.75, 3.05) is 11.9 Å². The lowest BCUT2D eigenvalue weighted by Crippen LogP contribution is -2.13. The minimum absolute atomic E-state index is 0.183. The predicted octanol–water partition coefficient (Wildman–Crippen LogP) is 5.99. The number of hydrogen-bond acceptors (Lipinski definition) is 3. The zero-order valence-electron chi connectivity index (χ0n) is 15.9. The highest BCUT2D eigenvalue weighted by Gasteiger charge is 2.12. The van der Waals surface area contributed by atoms with E-state index >= 15 is 0 Å². The Morgan fingerprint density at radius 2 is 1.79 bits per heavy atom. The van der Waals surface area contributed by atoms with Gasteiger partial charge in [0.05, 0.1) is 6.61 Å². The van der Waals surface area contributed by atoms with Crippen molar-refractivity contribution in [2.45, 2.75) is 20.5 Å². The van der Waals surface area contributed by atoms with Crippen LogP contribution >= 0.6 is 15.9 Å². The molecule has 0 heterocycles. The lowest BCUT2D eigenvalue weighted by molar-refractivity contribution is 0.102. The van der Waals surface area contributed by atoms with Crippen molar-refractivity contribution < 1.29 is 14.3 Å². The van der Waals surface area contributed by atoms with Gasteiger partial charge in [-0.05, 0) is 62.4 Å². The molecule has 3 aromatic rings. The molecule has 1 amide bonds. The lowest BCUT2D eigenvalue weighted by Gasteiger charge is -2.14. The van der Waals surface area contributed by atoms with Gasteiger partial charge in [0.25, 0.3) is 5.91 Å². The minimum Gasteiger partial charge on any atom is -0.493 e. The van der Waals surface area contributed by atoms with E-state index in [1.54, 1.807) is 6.07 Å². The second kappa shape index (κ2) is 9.42. The van der Waals surface area contributed by atoms with E-state index in [9.17, 15) is 4.79 Å². The molecule has 28 heavy (non-hydrogen) atoms. The fourth-order valence-electron chi connectivity index (χ4n) is 2.69. The Balaban J connectivity index is 1.77. The van der Waals surface area contributed by atoms with Crippen molar-refractivity contribution in [1.82, 2.24) is 0 Å². The molecule has 0 aliphatic rings. The van der Waals surface area contributed by atoms with Gasteiger partial charge in [-0.25, -0.2) is 0 Å². The first-order valence-corrected chi connectivity index (χ1v) is 9.86. The molecule has 0 bridgehead atoms. The molecular formula is C23H22BrNO3. The van der Waals surface area contributed by atoms with Gasteiger partial charge in [-0.2, -0.15) is 0 Å². The fourth-order valence-corrected chi connectivity index (χ4v) is 3.09. The second-order valence-electron chi connectivity index (χ2n) is 6.32. The molecule has 4 nitrogen and oxygen atoms in total. The highest BCUT2D eigenvalue weighted by molar-refractivity contribution is 9.10. The third-order valence-corrected chi connectivity index (χ3v) is 4.61. The summed E-state index contributed by atoms with van der Waals surface area (Å²) in [7, 11) is 0. The summed E-state index contributed by atoms with van der Waals surface area (Å²) in [6.45, 7) is 4.82. The molecule has 3 aromatic carbocycles. The van der Waals surface area contributed by atoms with Crippen LogP contribution in [0.15, 0.2) is 71.2 Å². The molecule has 0 unspecified atom stereocenters. The van der Waals surface area contributed by atoms with Gasteiger partial charge in [0.1, 0.15) is 18.1 Å². The van der Waals surface area contributed by atoms with Crippen LogP contribution in [0.2, 0.25) is 0 Å². The maximum atomic E-state index is 12.7. The zero-order valence-corrected chi connectivity index (χ0v) is 17.5. The molecule has 0 atom stereocenters. The van der Waals surface area contributed by atoms with Crippen molar-refractivity contribution in [3.8, 4) is 11.5 Å². The molecule has 3 rings (SSSR count). The van der Waals surface area contributed by atoms with Gasteiger partial charge in [-0.15, -0.1) is 0 Å². The summed E-state index contributed by atoms with van der Waals surface area (Å²) in [5.74, 6) is 1.31. The number of carbonyl (C=O) groups is 1. The minimum atomic E-state index is -0.183. The Morgan fingerprint density at radius 3 is 2.50 bits per heavy atom. The smallest absolute Gasteiger partial charge is 0.255 e. The normalized spacial score (nSPS) is 10.4. The Morgan fingerprint density at radius 1 is 1.00 bits per heavy atom. The summed E-state index contributed by atoms with van der Waals surface area (Å²) in [5, 5.41) is 2.91. The zero-order chi connectivity index (χ0) is 19.9. The van der Waals surface area contributed by atoms with E-state index in [0.717, 1.165) is 21.5 Å². The molecular weight excluding hydrogens is 418 g/mol. The monoisotopic (exact) mass is 439 g/mol. The van der Waals surface area contributed by atoms with Crippen LogP contribution in [0, 0.1) is 6.92 Å². The Kier molecular flexibility index (Phi) is 6.71. The van der Waals surface area contributed by atoms with Crippen LogP contribution in [0.3, 0.4) is 0 Å². The highest BCUT2D eigenvalue weighted by Crippen LogP contribution is 2.24. The van der Waals surface area contributed by atoms with Crippen molar-refractivity contribution >= 4 is 27.5 Å². The Hall–Kier alpha value is -2.79. The van der Waals surface area contributed by atoms with Crippen molar-refractivity contribution in [1.29, 1.82) is 0 Å². The summed E-state index contributed by atoms with van der Waals surface area (Å²) in [5.41, 5.74) is 3.27. The topological polar surface area (TPSA) is 47.6 Å². The van der Waals surface area contributed by atoms with Crippen LogP contribution in [0.25, 0.3) is 0 Å². The van der Waals surface area contributed by atoms with Gasteiger partial charge in [-0.1, -0.05) is 39.7 Å². The molecule has 0 aliphatic heterocycles. The van der Waals surface area contributed by atoms with Crippen LogP contribution in [0.5, 0.6) is 11.5 Å². The number of ether oxygens (including phenoxy) is 2. The van der Waals surface area contributed by atoms with Gasteiger partial charge in [0.15, 0.2) is 0 Å². The maximum absolute atomic E-state index is 12.7. The third-order valence-electron chi connectivity index (χ3n) is 4.12. The number of rotatable bonds is 7. The van der Waals surface area contributed by atoms with Crippen LogP contribution in [-0.2, 0) is 6.61 Å². The summed E-state index contributed by atoms with van der Waals surface area (Å²) in [4.78, 5) is 12.7. The van der Waals surface area contributed by atoms with Gasteiger partial charge in [0, 0.05) is 21.3 Å². The van der Waals surface area contributed by atoms with Crippen molar-refractivity contribution in [3.05, 3.63) is 87.9 Å². The molecule has 0 spiro atoms. The lowest BCUT2D eigenvalue weighted by atomic mass is 10.1. The number of carbonyl (C=O) groups excluding carboxylic acids is 1. The molecule has 5 heteroatoms. The second-order valence-corrected chi connectivity index (χ2v) is 7.24. The average molecular weight is 440 g/mol. The number of anilines is 1. The van der Waals surface area contributed by atoms with E-state index in [4.69, 9.17) is 9.47 Å². The molecule has 0 aromatic heterocycles. The average Bonchev–Trinajstić information content (AvgIpc) is 2.68. The SMILES string of the molecule is CCOc1ccc(C(=O)Nc2cccc(Br)c2)cc1COc1ccc(C)cc1. The molecule has 0 fully saturated rings. The van der Waals surface area contributed by atoms with E-state index in [1.807, 2.05) is 74.5 Å². The van der Waals surface area contributed by atoms with E-state index in [-0.39, 0.29) is 5.91 Å². The van der Waals surface area contributed by atoms with Crippen molar-refractivity contribution in [3.63, 3.8) is 0 Å². The first kappa shape index (κ1) is 20.0. The summed E-state index contributed by atoms with van der Waals surface area (Å²) in [6, 6.07) is 20.7. The molecule has 0 aliphatic carbocycles. The first-order chi connectivity index (χ1) is 13.5. The maximum Gasteiger partial charge on any atom is 0.255 e. The van der Waals surface area contributed by atoms with E-state index in [2.05, 4.69) is 21.2 Å². The number of benzene rings is 3. The van der Waals surface area contributed by atoms with Crippen LogP contribution in [0.4, 0.5) is 5.69 Å². The summed E-state index contributed by atoms with van der Waals surface area (Å²) in [6.07, 6.45) is 0. The number of hydrogen-bond donors (Lipinski definition) is 1. The summed E-state index contributed by atoms with van der Waals surface area (Å²) < 4.78 is 12.5. The largest absolute Gasteiger partial charge is 0.493 e. The fraction of sp³-hybridized carbons (Fsp3) is 0.174. The first-order valence-electron chi connectivity index (χ1n) is 9.07. The molecule has 1 N–H and O–H groups in total. The highest BCUT2D eigenvalue weighted by atomic mass is 79.9. The molecule has 0 saturated carbocycles. The van der Waals surface area contributed by atoms with E-state index < -0.39 is 0 Å². The Labute approximate surface area is 173 Å². The molecule has 144 valence electrons. The third kappa shape index (κ3) is 5.36. The number of halogens is 1. The van der Waals surface area contributed by atoms with Gasteiger partial charge >= 0.3 is 0 Å². The van der Waals surface area contributed by atoms with E-state index in [1.165, 1.54) is 5.56 Å². The molecule has 0 radical (unpaired) electrons. The number of amides is 1. The quantitative estimate of drug-likeness (QED) is 0.491. The van der Waals surface area contributed by atoms with Gasteiger partial charge < -0.3 is 14.8 Å². The van der Waals surface area contributed by atoms with Gasteiger partial charge in [0.2, 0.25) is 0 Å². The number of nitrogens with one attached hydrogen (secondary N) is 1. The van der Waals surface area contributed by atoms with E-state index in [0.29, 0.717) is 24.5 Å². The molecule has 0 saturated heterocycles. The van der Waals surface area contributed by atoms with Crippen LogP contribution in [0.1, 0.15) is 28.4 Å². The number of aryl methyl sites for hydroxylation is 1. The summed E-state index contributed by atoms with van der Waals surface area (Å²) >= 11 is 3.41. The van der Waals surface area contributed by atoms with Crippen LogP contribution < -0.4 is 14.8 Å². The Bertz CT molecular complexity index is 954. The standard InChI is InChI=1S/C23H22BrNO3/c1-3-27-22-12-9-17(23(26)25-20-6-4-5-19(24)14-20)13-18(22)15-28-21-10-7-16(2)8-11-21/h4-14H,3,15H2,1-2H3,(H,25,26).